The number of H-pyrrole nitrogens is 2. The number of likely N-dealkylation sites (tertiary alicyclic amines) is 2. The molecule has 0 bridgehead atoms. The standard InChI is InChI=1S/C52H67N9O8/c1-8-52(27-68-28-52)29-69-35-17-15-34(16-18-35)61-40(32-13-19-36-38(25-32)55-46(53-36)42-11-9-23-59(42)48(62)44(30(2)3)57-50(64)66-6)21-22-41(61)33-14-20-37-39(26-33)56-47(54-37)43-12-10-24-60(43)49(63)45(31(4)5)58-51(65)67-7/h13-20,25-26,30-31,40-45H,8-12,21-24,27-29H2,1-7H3,(H,53,55)(H,54,56)(H,57,64)(H,58,65)/t40-,41-,42+,43+,44+,45?/m1/s1. The molecule has 6 atom stereocenters. The molecule has 1 unspecified atom stereocenters. The van der Waals surface area contributed by atoms with E-state index in [4.69, 9.17) is 28.9 Å². The molecule has 0 aliphatic carbocycles. The number of imidazole rings is 2. The number of hydrogen-bond donors (Lipinski definition) is 4. The van der Waals surface area contributed by atoms with Crippen molar-refractivity contribution in [2.75, 3.05) is 52.0 Å². The van der Waals surface area contributed by atoms with Gasteiger partial charge in [-0.25, -0.2) is 19.6 Å². The Bertz CT molecular complexity index is 2510. The highest BCUT2D eigenvalue weighted by Gasteiger charge is 2.41. The van der Waals surface area contributed by atoms with Crippen molar-refractivity contribution in [2.24, 2.45) is 17.3 Å². The van der Waals surface area contributed by atoms with Crippen LogP contribution in [0.5, 0.6) is 5.75 Å². The van der Waals surface area contributed by atoms with Gasteiger partial charge in [-0.05, 0) is 116 Å². The first-order chi connectivity index (χ1) is 33.3. The highest BCUT2D eigenvalue weighted by Crippen LogP contribution is 2.48. The van der Waals surface area contributed by atoms with Gasteiger partial charge in [0, 0.05) is 18.8 Å². The maximum Gasteiger partial charge on any atom is 0.407 e. The Morgan fingerprint density at radius 3 is 1.58 bits per heavy atom. The van der Waals surface area contributed by atoms with E-state index in [1.807, 2.05) is 37.5 Å². The van der Waals surface area contributed by atoms with Crippen LogP contribution in [0.2, 0.25) is 0 Å². The minimum atomic E-state index is -0.716. The molecular formula is C52H67N9O8. The van der Waals surface area contributed by atoms with Gasteiger partial charge in [0.15, 0.2) is 0 Å². The van der Waals surface area contributed by atoms with Gasteiger partial charge in [-0.2, -0.15) is 0 Å². The molecule has 4 aliphatic heterocycles. The monoisotopic (exact) mass is 946 g/mol. The molecule has 4 N–H and O–H groups in total. The van der Waals surface area contributed by atoms with Crippen molar-refractivity contribution >= 4 is 51.8 Å². The molecule has 0 spiro atoms. The van der Waals surface area contributed by atoms with Crippen LogP contribution in [0, 0.1) is 17.3 Å². The SMILES string of the molecule is CCC1(COc2ccc(N3[C@@H](c4ccc5nc([C@@H]6CCCN6C(=O)C(NC(=O)OC)C(C)C)[nH]c5c4)CC[C@@H]3c3ccc4nc([C@@H]5CCCN5C(=O)[C@@H](NC(=O)OC)C(C)C)[nH]c4c3)cc2)COC1. The number of ether oxygens (including phenoxy) is 4. The topological polar surface area (TPSA) is 196 Å². The molecule has 17 heteroatoms. The van der Waals surface area contributed by atoms with E-state index in [1.165, 1.54) is 14.2 Å². The molecule has 2 aromatic heterocycles. The van der Waals surface area contributed by atoms with Crippen molar-refractivity contribution in [2.45, 2.75) is 116 Å². The third-order valence-electron chi connectivity index (χ3n) is 14.9. The first-order valence-electron chi connectivity index (χ1n) is 24.7. The van der Waals surface area contributed by atoms with Gasteiger partial charge in [0.05, 0.1) is 85.7 Å². The van der Waals surface area contributed by atoms with Gasteiger partial charge in [-0.15, -0.1) is 0 Å². The van der Waals surface area contributed by atoms with Crippen LogP contribution in [-0.2, 0) is 23.8 Å². The Morgan fingerprint density at radius 2 is 1.17 bits per heavy atom. The Hall–Kier alpha value is -6.36. The van der Waals surface area contributed by atoms with Crippen molar-refractivity contribution < 1.29 is 38.1 Å². The number of aromatic amines is 2. The van der Waals surface area contributed by atoms with Gasteiger partial charge in [0.25, 0.3) is 0 Å². The van der Waals surface area contributed by atoms with Gasteiger partial charge < -0.3 is 54.2 Å². The van der Waals surface area contributed by atoms with Crippen molar-refractivity contribution in [3.8, 4) is 5.75 Å². The molecule has 69 heavy (non-hydrogen) atoms. The van der Waals surface area contributed by atoms with Gasteiger partial charge in [-0.1, -0.05) is 46.8 Å². The van der Waals surface area contributed by atoms with Crippen molar-refractivity contribution in [3.05, 3.63) is 83.4 Å². The van der Waals surface area contributed by atoms with Gasteiger partial charge in [0.1, 0.15) is 29.5 Å². The number of carbonyl (C=O) groups excluding carboxylic acids is 4. The lowest BCUT2D eigenvalue weighted by atomic mass is 9.84. The lowest BCUT2D eigenvalue weighted by Gasteiger charge is -2.40. The minimum Gasteiger partial charge on any atom is -0.493 e. The van der Waals surface area contributed by atoms with Gasteiger partial charge in [0.2, 0.25) is 11.8 Å². The summed E-state index contributed by atoms with van der Waals surface area (Å²) in [5, 5.41) is 5.49. The molecule has 4 fully saturated rings. The summed E-state index contributed by atoms with van der Waals surface area (Å²) >= 11 is 0. The summed E-state index contributed by atoms with van der Waals surface area (Å²) in [6.07, 6.45) is 4.72. The van der Waals surface area contributed by atoms with E-state index >= 15 is 0 Å². The molecule has 9 rings (SSSR count). The Kier molecular flexibility index (Phi) is 13.8. The number of carbonyl (C=O) groups is 4. The molecule has 0 saturated carbocycles. The smallest absolute Gasteiger partial charge is 0.407 e. The zero-order chi connectivity index (χ0) is 48.6. The number of benzene rings is 3. The van der Waals surface area contributed by atoms with Crippen molar-refractivity contribution in [1.29, 1.82) is 0 Å². The summed E-state index contributed by atoms with van der Waals surface area (Å²) in [4.78, 5) is 75.7. The summed E-state index contributed by atoms with van der Waals surface area (Å²) in [6.45, 7) is 13.0. The van der Waals surface area contributed by atoms with E-state index in [0.29, 0.717) is 19.7 Å². The average Bonchev–Trinajstić information content (AvgIpc) is 4.20. The zero-order valence-corrected chi connectivity index (χ0v) is 40.9. The molecule has 4 aliphatic rings. The van der Waals surface area contributed by atoms with Crippen LogP contribution in [0.25, 0.3) is 22.1 Å². The maximum absolute atomic E-state index is 13.9. The lowest BCUT2D eigenvalue weighted by molar-refractivity contribution is -0.136. The number of rotatable bonds is 15. The summed E-state index contributed by atoms with van der Waals surface area (Å²) < 4.78 is 21.6. The number of amides is 4. The molecule has 3 aromatic carbocycles. The lowest BCUT2D eigenvalue weighted by Crippen LogP contribution is -2.51. The molecule has 5 aromatic rings. The molecule has 4 amide bonds. The second-order valence-electron chi connectivity index (χ2n) is 20.0. The normalized spacial score (nSPS) is 22.0. The fraction of sp³-hybridized carbons (Fsp3) is 0.538. The third-order valence-corrected chi connectivity index (χ3v) is 14.9. The molecule has 4 saturated heterocycles. The first kappa shape index (κ1) is 47.7. The van der Waals surface area contributed by atoms with Crippen LogP contribution in [0.1, 0.15) is 127 Å². The highest BCUT2D eigenvalue weighted by atomic mass is 16.5. The Balaban J connectivity index is 1.00. The van der Waals surface area contributed by atoms with Crippen LogP contribution in [-0.4, -0.2) is 113 Å². The first-order valence-corrected chi connectivity index (χ1v) is 24.7. The Labute approximate surface area is 403 Å². The van der Waals surface area contributed by atoms with Crippen LogP contribution >= 0.6 is 0 Å². The maximum atomic E-state index is 13.9. The number of nitrogens with zero attached hydrogens (tertiary/aromatic N) is 5. The van der Waals surface area contributed by atoms with E-state index in [9.17, 15) is 19.2 Å². The van der Waals surface area contributed by atoms with Crippen molar-refractivity contribution in [1.82, 2.24) is 40.4 Å². The number of anilines is 1. The van der Waals surface area contributed by atoms with Crippen LogP contribution < -0.4 is 20.3 Å². The molecular weight excluding hydrogens is 879 g/mol. The Morgan fingerprint density at radius 1 is 0.696 bits per heavy atom. The van der Waals surface area contributed by atoms with Gasteiger partial charge >= 0.3 is 12.2 Å². The van der Waals surface area contributed by atoms with Crippen LogP contribution in [0.3, 0.4) is 0 Å². The van der Waals surface area contributed by atoms with E-state index in [0.717, 1.165) is 114 Å². The number of hydrogen-bond acceptors (Lipinski definition) is 11. The highest BCUT2D eigenvalue weighted by molar-refractivity contribution is 5.87. The number of nitrogens with one attached hydrogen (secondary N) is 4. The fourth-order valence-corrected chi connectivity index (χ4v) is 10.8. The van der Waals surface area contributed by atoms with Crippen LogP contribution in [0.4, 0.5) is 15.3 Å². The summed E-state index contributed by atoms with van der Waals surface area (Å²) in [7, 11) is 2.60. The third kappa shape index (κ3) is 9.53. The van der Waals surface area contributed by atoms with Crippen LogP contribution in [0.15, 0.2) is 60.7 Å². The van der Waals surface area contributed by atoms with Crippen molar-refractivity contribution in [3.63, 3.8) is 0 Å². The summed E-state index contributed by atoms with van der Waals surface area (Å²) in [6, 6.07) is 19.5. The number of alkyl carbamates (subject to hydrolysis) is 2. The van der Waals surface area contributed by atoms with E-state index in [1.54, 1.807) is 0 Å². The number of methoxy groups -OCH3 is 2. The average molecular weight is 946 g/mol. The minimum absolute atomic E-state index is 0.0211. The summed E-state index contributed by atoms with van der Waals surface area (Å²) in [5.74, 6) is 1.75. The molecule has 0 radical (unpaired) electrons. The van der Waals surface area contributed by atoms with E-state index in [2.05, 4.69) is 93.1 Å². The predicted molar refractivity (Wildman–Crippen MR) is 261 cm³/mol. The second-order valence-corrected chi connectivity index (χ2v) is 20.0. The molecule has 6 heterocycles. The van der Waals surface area contributed by atoms with Gasteiger partial charge in [-0.3, -0.25) is 9.59 Å². The number of aromatic nitrogens is 4. The largest absolute Gasteiger partial charge is 0.493 e. The molecule has 368 valence electrons. The quantitative estimate of drug-likeness (QED) is 0.0787. The van der Waals surface area contributed by atoms with E-state index in [-0.39, 0.29) is 53.2 Å². The fourth-order valence-electron chi connectivity index (χ4n) is 10.8. The molecule has 17 nitrogen and oxygen atoms in total. The summed E-state index contributed by atoms with van der Waals surface area (Å²) in [5.41, 5.74) is 6.89. The number of fused-ring (bicyclic) bond motifs is 2. The van der Waals surface area contributed by atoms with E-state index < -0.39 is 24.3 Å². The second kappa shape index (κ2) is 19.9. The predicted octanol–water partition coefficient (Wildman–Crippen LogP) is 8.42. The zero-order valence-electron chi connectivity index (χ0n) is 40.9.